The minimum absolute atomic E-state index is 0.290. The fraction of sp³-hybridized carbons (Fsp3) is 0.364. The lowest BCUT2D eigenvalue weighted by atomic mass is 10.1. The largest absolute Gasteiger partial charge is 0.493 e. The molecule has 1 aliphatic rings. The van der Waals surface area contributed by atoms with Gasteiger partial charge in [0.15, 0.2) is 17.3 Å². The number of aromatic nitrogens is 2. The number of sulfonamides is 1. The van der Waals surface area contributed by atoms with Crippen molar-refractivity contribution in [2.24, 2.45) is 0 Å². The Morgan fingerprint density at radius 1 is 1.09 bits per heavy atom. The first-order valence-electron chi connectivity index (χ1n) is 10.2. The second kappa shape index (κ2) is 8.91. The predicted octanol–water partition coefficient (Wildman–Crippen LogP) is 3.13. The zero-order chi connectivity index (χ0) is 23.8. The number of rotatable bonds is 7. The van der Waals surface area contributed by atoms with Crippen LogP contribution >= 0.6 is 0 Å². The molecule has 0 unspecified atom stereocenters. The maximum absolute atomic E-state index is 11.9. The minimum Gasteiger partial charge on any atom is -0.493 e. The van der Waals surface area contributed by atoms with Crippen molar-refractivity contribution in [3.63, 3.8) is 0 Å². The van der Waals surface area contributed by atoms with Crippen molar-refractivity contribution in [2.45, 2.75) is 19.9 Å². The molecule has 0 fully saturated rings. The highest BCUT2D eigenvalue weighted by molar-refractivity contribution is 7.88. The average Bonchev–Trinajstić information content (AvgIpc) is 3.22. The Bertz CT molecular complexity index is 1260. The van der Waals surface area contributed by atoms with Crippen molar-refractivity contribution in [3.05, 3.63) is 41.3 Å². The number of fused-ring (bicyclic) bond motifs is 1. The molecule has 3 heterocycles. The molecule has 33 heavy (non-hydrogen) atoms. The molecule has 0 saturated carbocycles. The number of methoxy groups -OCH3 is 3. The molecule has 11 heteroatoms. The van der Waals surface area contributed by atoms with Gasteiger partial charge in [-0.15, -0.1) is 0 Å². The maximum Gasteiger partial charge on any atom is 0.227 e. The molecule has 1 aromatic carbocycles. The molecular weight excluding hydrogens is 448 g/mol. The highest BCUT2D eigenvalue weighted by Crippen LogP contribution is 2.40. The highest BCUT2D eigenvalue weighted by Gasteiger charge is 2.27. The van der Waals surface area contributed by atoms with Gasteiger partial charge in [-0.1, -0.05) is 0 Å². The van der Waals surface area contributed by atoms with Crippen LogP contribution in [0.5, 0.6) is 17.2 Å². The summed E-state index contributed by atoms with van der Waals surface area (Å²) in [6.07, 6.45) is 3.44. The summed E-state index contributed by atoms with van der Waals surface area (Å²) in [5.74, 6) is 3.20. The zero-order valence-electron chi connectivity index (χ0n) is 19.1. The van der Waals surface area contributed by atoms with E-state index in [0.717, 1.165) is 16.9 Å². The number of nitrogens with zero attached hydrogens (tertiary/aromatic N) is 3. The van der Waals surface area contributed by atoms with Crippen LogP contribution in [0.2, 0.25) is 0 Å². The molecule has 0 atom stereocenters. The van der Waals surface area contributed by atoms with Gasteiger partial charge in [0.1, 0.15) is 11.5 Å². The van der Waals surface area contributed by atoms with Crippen LogP contribution in [0.1, 0.15) is 16.9 Å². The van der Waals surface area contributed by atoms with Gasteiger partial charge >= 0.3 is 0 Å². The monoisotopic (exact) mass is 474 g/mol. The van der Waals surface area contributed by atoms with Crippen molar-refractivity contribution in [1.29, 1.82) is 0 Å². The van der Waals surface area contributed by atoms with E-state index in [1.54, 1.807) is 39.7 Å². The Labute approximate surface area is 192 Å². The highest BCUT2D eigenvalue weighted by atomic mass is 32.2. The van der Waals surface area contributed by atoms with E-state index in [9.17, 15) is 8.42 Å². The van der Waals surface area contributed by atoms with Gasteiger partial charge < -0.3 is 23.9 Å². The Kier molecular flexibility index (Phi) is 6.17. The number of nitrogens with one attached hydrogen (secondary N) is 1. The Morgan fingerprint density at radius 2 is 1.79 bits per heavy atom. The van der Waals surface area contributed by atoms with Crippen LogP contribution in [0.15, 0.2) is 28.8 Å². The van der Waals surface area contributed by atoms with Crippen molar-refractivity contribution in [2.75, 3.05) is 39.4 Å². The van der Waals surface area contributed by atoms with Crippen LogP contribution in [0, 0.1) is 6.92 Å². The first-order chi connectivity index (χ1) is 15.7. The zero-order valence-corrected chi connectivity index (χ0v) is 19.9. The van der Waals surface area contributed by atoms with Crippen molar-refractivity contribution < 1.29 is 27.0 Å². The van der Waals surface area contributed by atoms with Gasteiger partial charge in [-0.05, 0) is 18.6 Å². The summed E-state index contributed by atoms with van der Waals surface area (Å²) in [5, 5.41) is 3.16. The Morgan fingerprint density at radius 3 is 2.39 bits per heavy atom. The van der Waals surface area contributed by atoms with Crippen LogP contribution in [-0.4, -0.2) is 56.8 Å². The van der Waals surface area contributed by atoms with Crippen LogP contribution in [0.4, 0.5) is 11.6 Å². The molecule has 0 aliphatic carbocycles. The molecule has 0 saturated heterocycles. The smallest absolute Gasteiger partial charge is 0.227 e. The Balaban J connectivity index is 1.65. The lowest BCUT2D eigenvalue weighted by molar-refractivity contribution is 0.324. The lowest BCUT2D eigenvalue weighted by Crippen LogP contribution is -2.34. The average molecular weight is 475 g/mol. The van der Waals surface area contributed by atoms with Gasteiger partial charge in [0.05, 0.1) is 27.6 Å². The van der Waals surface area contributed by atoms with Crippen LogP contribution in [0.25, 0.3) is 11.5 Å². The van der Waals surface area contributed by atoms with Crippen LogP contribution in [-0.2, 0) is 23.0 Å². The third-order valence-corrected chi connectivity index (χ3v) is 6.68. The SMILES string of the molecule is COc1cc(Nc2ncc(C)c(-c3cc4c(o3)CCN(S(C)(=O)=O)C4)n2)cc(OC)c1OC. The molecule has 0 radical (unpaired) electrons. The van der Waals surface area contributed by atoms with E-state index >= 15 is 0 Å². The number of anilines is 2. The topological polar surface area (TPSA) is 116 Å². The van der Waals surface area contributed by atoms with E-state index in [4.69, 9.17) is 18.6 Å². The maximum atomic E-state index is 11.9. The molecule has 10 nitrogen and oxygen atoms in total. The van der Waals surface area contributed by atoms with Crippen molar-refractivity contribution in [3.8, 4) is 28.7 Å². The normalized spacial score (nSPS) is 14.0. The van der Waals surface area contributed by atoms with E-state index in [-0.39, 0.29) is 0 Å². The molecule has 0 bridgehead atoms. The molecule has 0 amide bonds. The minimum atomic E-state index is -3.26. The van der Waals surface area contributed by atoms with Crippen LogP contribution in [0.3, 0.4) is 0 Å². The number of hydrogen-bond donors (Lipinski definition) is 1. The van der Waals surface area contributed by atoms with Gasteiger partial charge in [0.25, 0.3) is 0 Å². The number of ether oxygens (including phenoxy) is 3. The van der Waals surface area contributed by atoms with E-state index in [1.807, 2.05) is 13.0 Å². The summed E-state index contributed by atoms with van der Waals surface area (Å²) in [6, 6.07) is 5.37. The second-order valence-electron chi connectivity index (χ2n) is 7.67. The van der Waals surface area contributed by atoms with E-state index in [2.05, 4.69) is 15.3 Å². The third kappa shape index (κ3) is 4.60. The molecule has 0 spiro atoms. The lowest BCUT2D eigenvalue weighted by Gasteiger charge is -2.23. The fourth-order valence-corrected chi connectivity index (χ4v) is 4.54. The quantitative estimate of drug-likeness (QED) is 0.551. The molecule has 1 aliphatic heterocycles. The van der Waals surface area contributed by atoms with E-state index in [1.165, 1.54) is 10.6 Å². The van der Waals surface area contributed by atoms with Gasteiger partial charge in [-0.3, -0.25) is 0 Å². The van der Waals surface area contributed by atoms with E-state index in [0.29, 0.717) is 59.8 Å². The summed E-state index contributed by atoms with van der Waals surface area (Å²) in [5.41, 5.74) is 2.96. The summed E-state index contributed by atoms with van der Waals surface area (Å²) in [4.78, 5) is 9.02. The summed E-state index contributed by atoms with van der Waals surface area (Å²) >= 11 is 0. The first-order valence-corrected chi connectivity index (χ1v) is 12.1. The summed E-state index contributed by atoms with van der Waals surface area (Å²) in [7, 11) is 1.37. The van der Waals surface area contributed by atoms with Crippen molar-refractivity contribution >= 4 is 21.7 Å². The second-order valence-corrected chi connectivity index (χ2v) is 9.65. The van der Waals surface area contributed by atoms with E-state index < -0.39 is 10.0 Å². The molecule has 3 aromatic rings. The molecular formula is C22H26N4O6S. The summed E-state index contributed by atoms with van der Waals surface area (Å²) < 4.78 is 47.5. The first kappa shape index (κ1) is 22.9. The third-order valence-electron chi connectivity index (χ3n) is 5.43. The number of furan rings is 1. The fourth-order valence-electron chi connectivity index (χ4n) is 3.74. The molecule has 176 valence electrons. The molecule has 2 aromatic heterocycles. The number of hydrogen-bond acceptors (Lipinski definition) is 9. The summed E-state index contributed by atoms with van der Waals surface area (Å²) in [6.45, 7) is 2.58. The van der Waals surface area contributed by atoms with Gasteiger partial charge in [0, 0.05) is 49.1 Å². The number of benzene rings is 1. The molecule has 1 N–H and O–H groups in total. The van der Waals surface area contributed by atoms with Gasteiger partial charge in [0.2, 0.25) is 21.7 Å². The molecule has 4 rings (SSSR count). The number of aryl methyl sites for hydroxylation is 1. The van der Waals surface area contributed by atoms with Crippen molar-refractivity contribution in [1.82, 2.24) is 14.3 Å². The van der Waals surface area contributed by atoms with Gasteiger partial charge in [-0.2, -0.15) is 4.31 Å². The standard InChI is InChI=1S/C22H26N4O6S/c1-13-11-23-22(24-15-9-18(29-2)21(31-4)19(10-15)30-3)25-20(13)17-8-14-12-26(33(5,27)28)7-6-16(14)32-17/h8-11H,6-7,12H2,1-5H3,(H,23,24,25). The van der Waals surface area contributed by atoms with Gasteiger partial charge in [-0.25, -0.2) is 18.4 Å². The Hall–Kier alpha value is -3.31. The van der Waals surface area contributed by atoms with Crippen LogP contribution < -0.4 is 19.5 Å². The predicted molar refractivity (Wildman–Crippen MR) is 123 cm³/mol.